The lowest BCUT2D eigenvalue weighted by Crippen LogP contribution is -2.29. The number of para-hydroxylation sites is 1. The number of aliphatic carboxylic acids is 1. The SMILES string of the molecule is O=C([O-])CCCCCN1C(=O)/C(=C/c2ccccc2[N+](=O)[O-])SC1=S. The summed E-state index contributed by atoms with van der Waals surface area (Å²) in [6.45, 7) is 0.395. The van der Waals surface area contributed by atoms with E-state index in [1.54, 1.807) is 18.2 Å². The van der Waals surface area contributed by atoms with Gasteiger partial charge in [-0.2, -0.15) is 0 Å². The summed E-state index contributed by atoms with van der Waals surface area (Å²) in [5.74, 6) is -1.37. The van der Waals surface area contributed by atoms with Gasteiger partial charge in [0, 0.05) is 18.6 Å². The first-order valence-corrected chi connectivity index (χ1v) is 8.81. The lowest BCUT2D eigenvalue weighted by molar-refractivity contribution is -0.385. The number of benzene rings is 1. The van der Waals surface area contributed by atoms with E-state index in [1.165, 1.54) is 17.0 Å². The second kappa shape index (κ2) is 8.72. The monoisotopic (exact) mass is 379 g/mol. The Labute approximate surface area is 153 Å². The summed E-state index contributed by atoms with van der Waals surface area (Å²) < 4.78 is 0.398. The highest BCUT2D eigenvalue weighted by Crippen LogP contribution is 2.34. The van der Waals surface area contributed by atoms with E-state index in [0.717, 1.165) is 11.8 Å². The van der Waals surface area contributed by atoms with Gasteiger partial charge in [-0.15, -0.1) is 0 Å². The van der Waals surface area contributed by atoms with Crippen molar-refractivity contribution in [3.05, 3.63) is 44.8 Å². The average Bonchev–Trinajstić information content (AvgIpc) is 2.81. The molecule has 1 aromatic carbocycles. The highest BCUT2D eigenvalue weighted by Gasteiger charge is 2.32. The summed E-state index contributed by atoms with van der Waals surface area (Å²) in [6.07, 6.45) is 3.24. The van der Waals surface area contributed by atoms with Crippen molar-refractivity contribution in [2.75, 3.05) is 6.54 Å². The molecule has 1 saturated heterocycles. The summed E-state index contributed by atoms with van der Waals surface area (Å²) in [5.41, 5.74) is 0.275. The van der Waals surface area contributed by atoms with Crippen LogP contribution >= 0.6 is 24.0 Å². The van der Waals surface area contributed by atoms with E-state index in [-0.39, 0.29) is 18.0 Å². The molecule has 0 aliphatic carbocycles. The fraction of sp³-hybridized carbons (Fsp3) is 0.312. The minimum Gasteiger partial charge on any atom is -0.550 e. The molecule has 7 nitrogen and oxygen atoms in total. The molecular formula is C16H15N2O5S2-. The van der Waals surface area contributed by atoms with Crippen molar-refractivity contribution in [1.29, 1.82) is 0 Å². The molecule has 0 N–H and O–H groups in total. The van der Waals surface area contributed by atoms with Gasteiger partial charge in [0.15, 0.2) is 0 Å². The lowest BCUT2D eigenvalue weighted by atomic mass is 10.1. The number of hydrogen-bond donors (Lipinski definition) is 0. The molecular weight excluding hydrogens is 364 g/mol. The van der Waals surface area contributed by atoms with Crippen molar-refractivity contribution in [2.45, 2.75) is 25.7 Å². The molecule has 0 spiro atoms. The molecule has 1 aromatic rings. The number of nitro benzene ring substituents is 1. The van der Waals surface area contributed by atoms with E-state index in [9.17, 15) is 24.8 Å². The van der Waals surface area contributed by atoms with Crippen LogP contribution in [0, 0.1) is 10.1 Å². The largest absolute Gasteiger partial charge is 0.550 e. The van der Waals surface area contributed by atoms with Crippen LogP contribution in [0.1, 0.15) is 31.2 Å². The zero-order valence-electron chi connectivity index (χ0n) is 13.2. The van der Waals surface area contributed by atoms with E-state index < -0.39 is 10.9 Å². The number of carboxylic acids is 1. The third kappa shape index (κ3) is 5.10. The number of rotatable bonds is 8. The van der Waals surface area contributed by atoms with Crippen molar-refractivity contribution in [2.24, 2.45) is 0 Å². The van der Waals surface area contributed by atoms with Crippen LogP contribution in [0.5, 0.6) is 0 Å². The fourth-order valence-electron chi connectivity index (χ4n) is 2.33. The van der Waals surface area contributed by atoms with Gasteiger partial charge in [-0.25, -0.2) is 0 Å². The smallest absolute Gasteiger partial charge is 0.276 e. The van der Waals surface area contributed by atoms with Gasteiger partial charge in [-0.3, -0.25) is 19.8 Å². The molecule has 9 heteroatoms. The molecule has 1 heterocycles. The number of amides is 1. The first-order valence-electron chi connectivity index (χ1n) is 7.59. The Morgan fingerprint density at radius 2 is 2.00 bits per heavy atom. The van der Waals surface area contributed by atoms with E-state index in [1.807, 2.05) is 0 Å². The normalized spacial score (nSPS) is 15.8. The fourth-order valence-corrected chi connectivity index (χ4v) is 3.63. The number of thioether (sulfide) groups is 1. The molecule has 25 heavy (non-hydrogen) atoms. The predicted octanol–water partition coefficient (Wildman–Crippen LogP) is 2.11. The maximum Gasteiger partial charge on any atom is 0.276 e. The third-order valence-corrected chi connectivity index (χ3v) is 4.93. The predicted molar refractivity (Wildman–Crippen MR) is 96.5 cm³/mol. The minimum absolute atomic E-state index is 0.00400. The molecule has 0 bridgehead atoms. The Morgan fingerprint density at radius 1 is 1.28 bits per heavy atom. The molecule has 0 atom stereocenters. The molecule has 1 aliphatic rings. The van der Waals surface area contributed by atoms with Gasteiger partial charge in [0.2, 0.25) is 0 Å². The molecule has 1 amide bonds. The molecule has 1 aliphatic heterocycles. The topological polar surface area (TPSA) is 104 Å². The van der Waals surface area contributed by atoms with Crippen LogP contribution in [-0.2, 0) is 9.59 Å². The number of thiocarbonyl (C=S) groups is 1. The Hall–Kier alpha value is -2.26. The van der Waals surface area contributed by atoms with E-state index >= 15 is 0 Å². The molecule has 1 fully saturated rings. The maximum atomic E-state index is 12.4. The molecule has 2 rings (SSSR count). The Morgan fingerprint density at radius 3 is 2.68 bits per heavy atom. The number of hydrogen-bond acceptors (Lipinski definition) is 7. The van der Waals surface area contributed by atoms with Gasteiger partial charge in [0.05, 0.1) is 15.4 Å². The van der Waals surface area contributed by atoms with Gasteiger partial charge in [-0.05, 0) is 31.4 Å². The Bertz CT molecular complexity index is 748. The first-order chi connectivity index (χ1) is 11.9. The van der Waals surface area contributed by atoms with Crippen molar-refractivity contribution in [3.8, 4) is 0 Å². The van der Waals surface area contributed by atoms with Gasteiger partial charge < -0.3 is 9.90 Å². The van der Waals surface area contributed by atoms with Gasteiger partial charge >= 0.3 is 0 Å². The van der Waals surface area contributed by atoms with E-state index in [0.29, 0.717) is 40.6 Å². The molecule has 0 saturated carbocycles. The average molecular weight is 379 g/mol. The van der Waals surface area contributed by atoms with Crippen LogP contribution in [-0.4, -0.2) is 32.6 Å². The molecule has 0 aromatic heterocycles. The van der Waals surface area contributed by atoms with Crippen molar-refractivity contribution >= 4 is 51.9 Å². The second-order valence-electron chi connectivity index (χ2n) is 5.33. The lowest BCUT2D eigenvalue weighted by Gasteiger charge is -2.14. The second-order valence-corrected chi connectivity index (χ2v) is 7.01. The summed E-state index contributed by atoms with van der Waals surface area (Å²) >= 11 is 6.31. The van der Waals surface area contributed by atoms with Crippen molar-refractivity contribution < 1.29 is 19.6 Å². The Kier molecular flexibility index (Phi) is 6.65. The van der Waals surface area contributed by atoms with Crippen LogP contribution in [0.25, 0.3) is 6.08 Å². The minimum atomic E-state index is -1.09. The van der Waals surface area contributed by atoms with E-state index in [2.05, 4.69) is 0 Å². The summed E-state index contributed by atoms with van der Waals surface area (Å²) in [6, 6.07) is 6.18. The maximum absolute atomic E-state index is 12.4. The molecule has 0 radical (unpaired) electrons. The number of nitrogens with zero attached hydrogens (tertiary/aromatic N) is 2. The summed E-state index contributed by atoms with van der Waals surface area (Å²) in [7, 11) is 0. The number of carbonyl (C=O) groups is 2. The van der Waals surface area contributed by atoms with Crippen molar-refractivity contribution in [1.82, 2.24) is 4.90 Å². The number of carboxylic acid groups (broad SMARTS) is 1. The highest BCUT2D eigenvalue weighted by atomic mass is 32.2. The van der Waals surface area contributed by atoms with Gasteiger partial charge in [0.1, 0.15) is 4.32 Å². The summed E-state index contributed by atoms with van der Waals surface area (Å²) in [5, 5.41) is 21.4. The first kappa shape index (κ1) is 19.1. The third-order valence-electron chi connectivity index (χ3n) is 3.56. The van der Waals surface area contributed by atoms with Crippen LogP contribution in [0.15, 0.2) is 29.2 Å². The number of carbonyl (C=O) groups excluding carboxylic acids is 2. The van der Waals surface area contributed by atoms with Crippen LogP contribution < -0.4 is 5.11 Å². The van der Waals surface area contributed by atoms with Crippen LogP contribution in [0.4, 0.5) is 5.69 Å². The molecule has 132 valence electrons. The highest BCUT2D eigenvalue weighted by molar-refractivity contribution is 8.26. The molecule has 0 unspecified atom stereocenters. The standard InChI is InChI=1S/C16H16N2O5S2/c19-14(20)8-2-1-5-9-17-15(21)13(25-16(17)24)10-11-6-3-4-7-12(11)18(22)23/h3-4,6-7,10H,1-2,5,8-9H2,(H,19,20)/p-1/b13-10-. The van der Waals surface area contributed by atoms with Crippen LogP contribution in [0.2, 0.25) is 0 Å². The van der Waals surface area contributed by atoms with Gasteiger partial charge in [0.25, 0.3) is 11.6 Å². The van der Waals surface area contributed by atoms with Gasteiger partial charge in [-0.1, -0.05) is 42.5 Å². The van der Waals surface area contributed by atoms with E-state index in [4.69, 9.17) is 12.2 Å². The summed E-state index contributed by atoms with van der Waals surface area (Å²) in [4.78, 5) is 35.2. The zero-order chi connectivity index (χ0) is 18.4. The number of nitro groups is 1. The quantitative estimate of drug-likeness (QED) is 0.224. The number of unbranched alkanes of at least 4 members (excludes halogenated alkanes) is 2. The van der Waals surface area contributed by atoms with Crippen LogP contribution in [0.3, 0.4) is 0 Å². The zero-order valence-corrected chi connectivity index (χ0v) is 14.8. The van der Waals surface area contributed by atoms with Crippen molar-refractivity contribution in [3.63, 3.8) is 0 Å². The Balaban J connectivity index is 2.03.